The van der Waals surface area contributed by atoms with Crippen molar-refractivity contribution in [1.29, 1.82) is 0 Å². The van der Waals surface area contributed by atoms with Crippen molar-refractivity contribution in [2.75, 3.05) is 20.2 Å². The number of rotatable bonds is 3. The van der Waals surface area contributed by atoms with Crippen molar-refractivity contribution in [2.45, 2.75) is 19.9 Å². The summed E-state index contributed by atoms with van der Waals surface area (Å²) in [6.45, 7) is 4.63. The Labute approximate surface area is 147 Å². The van der Waals surface area contributed by atoms with Gasteiger partial charge in [0, 0.05) is 48.2 Å². The topological polar surface area (TPSA) is 43.3 Å². The number of carbonyl (C=O) groups excluding carboxylic acids is 1. The fraction of sp³-hybridized carbons (Fsp3) is 0.286. The summed E-state index contributed by atoms with van der Waals surface area (Å²) in [6, 6.07) is 14.5. The summed E-state index contributed by atoms with van der Waals surface area (Å²) in [7, 11) is 1.62. The first-order valence-corrected chi connectivity index (χ1v) is 8.69. The Morgan fingerprint density at radius 2 is 2.00 bits per heavy atom. The largest absolute Gasteiger partial charge is 0.497 e. The molecule has 4 heteroatoms. The van der Waals surface area contributed by atoms with Gasteiger partial charge in [0.25, 0.3) is 0 Å². The van der Waals surface area contributed by atoms with Crippen molar-refractivity contribution in [2.24, 2.45) is 0 Å². The molecule has 4 nitrogen and oxygen atoms in total. The number of aromatic nitrogens is 1. The lowest BCUT2D eigenvalue weighted by molar-refractivity contribution is 0.101. The van der Waals surface area contributed by atoms with Gasteiger partial charge in [-0.25, -0.2) is 0 Å². The third kappa shape index (κ3) is 2.83. The van der Waals surface area contributed by atoms with Gasteiger partial charge < -0.3 is 14.6 Å². The predicted octanol–water partition coefficient (Wildman–Crippen LogP) is 3.67. The van der Waals surface area contributed by atoms with Crippen molar-refractivity contribution in [1.82, 2.24) is 9.88 Å². The van der Waals surface area contributed by atoms with E-state index in [9.17, 15) is 4.79 Å². The zero-order chi connectivity index (χ0) is 17.4. The van der Waals surface area contributed by atoms with E-state index in [4.69, 9.17) is 4.74 Å². The Hall–Kier alpha value is -2.59. The van der Waals surface area contributed by atoms with Gasteiger partial charge in [0.05, 0.1) is 7.11 Å². The molecule has 1 aliphatic rings. The van der Waals surface area contributed by atoms with E-state index in [1.54, 1.807) is 14.0 Å². The highest BCUT2D eigenvalue weighted by atomic mass is 16.5. The zero-order valence-corrected chi connectivity index (χ0v) is 14.6. The third-order valence-corrected chi connectivity index (χ3v) is 4.97. The molecule has 1 aromatic heterocycles. The van der Waals surface area contributed by atoms with Gasteiger partial charge in [-0.1, -0.05) is 6.07 Å². The standard InChI is InChI=1S/C21H22N2O2/c1-14(24)20-13-18(25-2)4-5-19(20)15-3-6-21-16(11-15)12-17-7-8-22-9-10-23(17)21/h3-6,11-13,22H,7-10H2,1-2H3. The average molecular weight is 334 g/mol. The lowest BCUT2D eigenvalue weighted by Gasteiger charge is -2.11. The Kier molecular flexibility index (Phi) is 4.06. The molecule has 0 bridgehead atoms. The monoisotopic (exact) mass is 334 g/mol. The molecule has 25 heavy (non-hydrogen) atoms. The van der Waals surface area contributed by atoms with Gasteiger partial charge in [-0.2, -0.15) is 0 Å². The SMILES string of the molecule is COc1ccc(-c2ccc3c(c2)cc2n3CCNCC2)c(C(C)=O)c1. The molecule has 0 spiro atoms. The number of hydrogen-bond acceptors (Lipinski definition) is 3. The van der Waals surface area contributed by atoms with E-state index in [2.05, 4.69) is 34.1 Å². The molecule has 128 valence electrons. The summed E-state index contributed by atoms with van der Waals surface area (Å²) in [5.41, 5.74) is 5.36. The molecule has 2 aromatic carbocycles. The van der Waals surface area contributed by atoms with Crippen LogP contribution in [0.25, 0.3) is 22.0 Å². The molecular weight excluding hydrogens is 312 g/mol. The fourth-order valence-electron chi connectivity index (χ4n) is 3.69. The first kappa shape index (κ1) is 15.9. The maximum absolute atomic E-state index is 12.1. The lowest BCUT2D eigenvalue weighted by atomic mass is 9.96. The molecule has 2 heterocycles. The second-order valence-electron chi connectivity index (χ2n) is 6.53. The summed E-state index contributed by atoms with van der Waals surface area (Å²) in [4.78, 5) is 12.1. The minimum atomic E-state index is 0.0488. The number of hydrogen-bond donors (Lipinski definition) is 1. The lowest BCUT2D eigenvalue weighted by Crippen LogP contribution is -2.17. The van der Waals surface area contributed by atoms with Gasteiger partial charge in [-0.3, -0.25) is 4.79 Å². The third-order valence-electron chi connectivity index (χ3n) is 4.97. The number of fused-ring (bicyclic) bond motifs is 3. The molecule has 0 atom stereocenters. The maximum Gasteiger partial charge on any atom is 0.160 e. The maximum atomic E-state index is 12.1. The van der Waals surface area contributed by atoms with Gasteiger partial charge in [-0.15, -0.1) is 0 Å². The first-order chi connectivity index (χ1) is 12.2. The molecule has 0 radical (unpaired) electrons. The van der Waals surface area contributed by atoms with Crippen LogP contribution in [0.4, 0.5) is 0 Å². The van der Waals surface area contributed by atoms with E-state index in [1.807, 2.05) is 18.2 Å². The number of ether oxygens (including phenoxy) is 1. The molecule has 1 N–H and O–H groups in total. The predicted molar refractivity (Wildman–Crippen MR) is 101 cm³/mol. The van der Waals surface area contributed by atoms with Crippen LogP contribution in [-0.2, 0) is 13.0 Å². The molecular formula is C21H22N2O2. The minimum Gasteiger partial charge on any atom is -0.497 e. The molecule has 0 saturated heterocycles. The summed E-state index contributed by atoms with van der Waals surface area (Å²) in [5.74, 6) is 0.755. The van der Waals surface area contributed by atoms with Crippen LogP contribution in [0.15, 0.2) is 42.5 Å². The Balaban J connectivity index is 1.84. The van der Waals surface area contributed by atoms with Crippen molar-refractivity contribution < 1.29 is 9.53 Å². The quantitative estimate of drug-likeness (QED) is 0.743. The highest BCUT2D eigenvalue weighted by molar-refractivity contribution is 6.02. The summed E-state index contributed by atoms with van der Waals surface area (Å²) < 4.78 is 7.67. The molecule has 3 aromatic rings. The molecule has 1 aliphatic heterocycles. The van der Waals surface area contributed by atoms with Gasteiger partial charge in [0.15, 0.2) is 5.78 Å². The number of methoxy groups -OCH3 is 1. The molecule has 0 aliphatic carbocycles. The molecule has 0 amide bonds. The number of Topliss-reactive ketones (excluding diaryl/α,β-unsaturated/α-hetero) is 1. The van der Waals surface area contributed by atoms with Crippen LogP contribution >= 0.6 is 0 Å². The number of nitrogens with one attached hydrogen (secondary N) is 1. The first-order valence-electron chi connectivity index (χ1n) is 8.69. The van der Waals surface area contributed by atoms with Gasteiger partial charge in [-0.05, 0) is 54.4 Å². The van der Waals surface area contributed by atoms with Crippen LogP contribution < -0.4 is 10.1 Å². The Bertz CT molecular complexity index is 956. The minimum absolute atomic E-state index is 0.0488. The van der Waals surface area contributed by atoms with Gasteiger partial charge in [0.2, 0.25) is 0 Å². The van der Waals surface area contributed by atoms with Gasteiger partial charge >= 0.3 is 0 Å². The van der Waals surface area contributed by atoms with Crippen molar-refractivity contribution in [3.63, 3.8) is 0 Å². The van der Waals surface area contributed by atoms with Crippen LogP contribution in [0.2, 0.25) is 0 Å². The molecule has 0 saturated carbocycles. The van der Waals surface area contributed by atoms with E-state index < -0.39 is 0 Å². The van der Waals surface area contributed by atoms with Crippen LogP contribution in [0.5, 0.6) is 5.75 Å². The average Bonchev–Trinajstić information content (AvgIpc) is 2.81. The van der Waals surface area contributed by atoms with E-state index in [1.165, 1.54) is 16.6 Å². The summed E-state index contributed by atoms with van der Waals surface area (Å²) >= 11 is 0. The van der Waals surface area contributed by atoms with Crippen LogP contribution in [-0.4, -0.2) is 30.5 Å². The van der Waals surface area contributed by atoms with Gasteiger partial charge in [0.1, 0.15) is 5.75 Å². The molecule has 4 rings (SSSR count). The van der Waals surface area contributed by atoms with Crippen LogP contribution in [0.3, 0.4) is 0 Å². The zero-order valence-electron chi connectivity index (χ0n) is 14.6. The molecule has 0 fully saturated rings. The number of ketones is 1. The number of carbonyl (C=O) groups is 1. The summed E-state index contributed by atoms with van der Waals surface area (Å²) in [6.07, 6.45) is 1.05. The van der Waals surface area contributed by atoms with Crippen molar-refractivity contribution in [3.8, 4) is 16.9 Å². The highest BCUT2D eigenvalue weighted by Crippen LogP contribution is 2.31. The highest BCUT2D eigenvalue weighted by Gasteiger charge is 2.15. The normalized spacial score (nSPS) is 14.2. The summed E-state index contributed by atoms with van der Waals surface area (Å²) in [5, 5.41) is 4.68. The molecule has 0 unspecified atom stereocenters. The van der Waals surface area contributed by atoms with Crippen molar-refractivity contribution in [3.05, 3.63) is 53.7 Å². The second kappa shape index (κ2) is 6.37. The smallest absolute Gasteiger partial charge is 0.160 e. The number of nitrogens with zero attached hydrogens (tertiary/aromatic N) is 1. The Morgan fingerprint density at radius 3 is 2.80 bits per heavy atom. The second-order valence-corrected chi connectivity index (χ2v) is 6.53. The van der Waals surface area contributed by atoms with Crippen molar-refractivity contribution >= 4 is 16.7 Å². The van der Waals surface area contributed by atoms with Crippen LogP contribution in [0, 0.1) is 0 Å². The van der Waals surface area contributed by atoms with E-state index in [0.717, 1.165) is 37.2 Å². The fourth-order valence-corrected chi connectivity index (χ4v) is 3.69. The van der Waals surface area contributed by atoms with Crippen LogP contribution in [0.1, 0.15) is 23.0 Å². The number of benzene rings is 2. The van der Waals surface area contributed by atoms with E-state index in [0.29, 0.717) is 11.3 Å². The Morgan fingerprint density at radius 1 is 1.12 bits per heavy atom. The van der Waals surface area contributed by atoms with E-state index >= 15 is 0 Å². The van der Waals surface area contributed by atoms with E-state index in [-0.39, 0.29) is 5.78 Å².